The first-order valence-electron chi connectivity index (χ1n) is 9.00. The minimum atomic E-state index is -0.257. The molecule has 0 spiro atoms. The summed E-state index contributed by atoms with van der Waals surface area (Å²) in [6, 6.07) is 21.5. The summed E-state index contributed by atoms with van der Waals surface area (Å²) in [5.74, 6) is 1.47. The fourth-order valence-electron chi connectivity index (χ4n) is 3.65. The van der Waals surface area contributed by atoms with Gasteiger partial charge in [0.1, 0.15) is 6.17 Å². The molecule has 3 aromatic rings. The minimum Gasteiger partial charge on any atom is -0.454 e. The number of rotatable bonds is 4. The molecule has 5 rings (SSSR count). The number of nitrogens with one attached hydrogen (secondary N) is 1. The number of fused-ring (bicyclic) bond motifs is 2. The number of anilines is 1. The van der Waals surface area contributed by atoms with Gasteiger partial charge in [-0.2, -0.15) is 0 Å². The van der Waals surface area contributed by atoms with E-state index in [0.717, 1.165) is 38.3 Å². The van der Waals surface area contributed by atoms with Crippen molar-refractivity contribution in [2.24, 2.45) is 0 Å². The van der Waals surface area contributed by atoms with Gasteiger partial charge >= 0.3 is 0 Å². The number of benzene rings is 3. The van der Waals surface area contributed by atoms with Crippen molar-refractivity contribution in [1.82, 2.24) is 4.90 Å². The first-order valence-corrected chi connectivity index (χ1v) is 9.79. The molecule has 1 atom stereocenters. The standard InChI is InChI=1S/C22H17BrN2O3/c23-17-7-3-4-8-18(17)24-21-15-5-1-2-6-16(15)22(26)25(21)12-14-9-10-19-20(11-14)28-13-27-19/h1-11,21,24H,12-13H2/t21-/m0/s1. The van der Waals surface area contributed by atoms with Gasteiger partial charge in [-0.15, -0.1) is 0 Å². The molecule has 2 aliphatic heterocycles. The molecule has 0 saturated heterocycles. The molecule has 2 aliphatic rings. The second-order valence-electron chi connectivity index (χ2n) is 6.73. The van der Waals surface area contributed by atoms with Crippen LogP contribution < -0.4 is 14.8 Å². The number of ether oxygens (including phenoxy) is 2. The number of amides is 1. The summed E-state index contributed by atoms with van der Waals surface area (Å²) in [6.07, 6.45) is -0.257. The van der Waals surface area contributed by atoms with E-state index < -0.39 is 0 Å². The average molecular weight is 437 g/mol. The zero-order valence-corrected chi connectivity index (χ0v) is 16.5. The van der Waals surface area contributed by atoms with Crippen LogP contribution in [0, 0.1) is 0 Å². The fourth-order valence-corrected chi connectivity index (χ4v) is 4.05. The van der Waals surface area contributed by atoms with Crippen molar-refractivity contribution in [1.29, 1.82) is 0 Å². The lowest BCUT2D eigenvalue weighted by Crippen LogP contribution is -2.32. The molecule has 1 N–H and O–H groups in total. The molecule has 0 aromatic heterocycles. The summed E-state index contributed by atoms with van der Waals surface area (Å²) in [5.41, 5.74) is 3.63. The van der Waals surface area contributed by atoms with E-state index >= 15 is 0 Å². The quantitative estimate of drug-likeness (QED) is 0.628. The highest BCUT2D eigenvalue weighted by Crippen LogP contribution is 2.38. The molecule has 1 amide bonds. The highest BCUT2D eigenvalue weighted by atomic mass is 79.9. The summed E-state index contributed by atoms with van der Waals surface area (Å²) in [6.45, 7) is 0.700. The largest absolute Gasteiger partial charge is 0.454 e. The summed E-state index contributed by atoms with van der Waals surface area (Å²) >= 11 is 3.58. The van der Waals surface area contributed by atoms with Gasteiger partial charge in [-0.05, 0) is 51.8 Å². The number of para-hydroxylation sites is 1. The van der Waals surface area contributed by atoms with E-state index in [1.807, 2.05) is 71.6 Å². The van der Waals surface area contributed by atoms with Crippen molar-refractivity contribution in [3.05, 3.63) is 87.9 Å². The Bertz CT molecular complexity index is 1070. The Balaban J connectivity index is 1.50. The minimum absolute atomic E-state index is 0.0119. The highest BCUT2D eigenvalue weighted by molar-refractivity contribution is 9.10. The Morgan fingerprint density at radius 2 is 1.79 bits per heavy atom. The predicted molar refractivity (Wildman–Crippen MR) is 109 cm³/mol. The lowest BCUT2D eigenvalue weighted by Gasteiger charge is -2.27. The number of carbonyl (C=O) groups excluding carboxylic acids is 1. The molecule has 0 aliphatic carbocycles. The van der Waals surface area contributed by atoms with E-state index in [1.54, 1.807) is 0 Å². The molecule has 0 fully saturated rings. The molecule has 6 heteroatoms. The van der Waals surface area contributed by atoms with Gasteiger partial charge in [0.15, 0.2) is 11.5 Å². The van der Waals surface area contributed by atoms with Crippen molar-refractivity contribution in [2.45, 2.75) is 12.7 Å². The first-order chi connectivity index (χ1) is 13.7. The summed E-state index contributed by atoms with van der Waals surface area (Å²) in [7, 11) is 0. The van der Waals surface area contributed by atoms with Crippen molar-refractivity contribution >= 4 is 27.5 Å². The fraction of sp³-hybridized carbons (Fsp3) is 0.136. The smallest absolute Gasteiger partial charge is 0.256 e. The van der Waals surface area contributed by atoms with Crippen LogP contribution in [-0.4, -0.2) is 17.6 Å². The van der Waals surface area contributed by atoms with Crippen molar-refractivity contribution in [2.75, 3.05) is 12.1 Å². The predicted octanol–water partition coefficient (Wildman–Crippen LogP) is 4.94. The molecule has 28 heavy (non-hydrogen) atoms. The van der Waals surface area contributed by atoms with Crippen LogP contribution in [0.1, 0.15) is 27.7 Å². The van der Waals surface area contributed by atoms with Crippen molar-refractivity contribution in [3.8, 4) is 11.5 Å². The zero-order valence-electron chi connectivity index (χ0n) is 14.9. The monoisotopic (exact) mass is 436 g/mol. The molecule has 0 unspecified atom stereocenters. The maximum Gasteiger partial charge on any atom is 0.256 e. The van der Waals surface area contributed by atoms with Crippen LogP contribution in [0.5, 0.6) is 11.5 Å². The maximum atomic E-state index is 13.1. The third-order valence-electron chi connectivity index (χ3n) is 5.01. The molecule has 5 nitrogen and oxygen atoms in total. The third-order valence-corrected chi connectivity index (χ3v) is 5.71. The second-order valence-corrected chi connectivity index (χ2v) is 7.59. The second kappa shape index (κ2) is 6.87. The molecule has 0 bridgehead atoms. The van der Waals surface area contributed by atoms with Gasteiger partial charge in [-0.1, -0.05) is 36.4 Å². The molecular weight excluding hydrogens is 420 g/mol. The number of hydrogen-bond acceptors (Lipinski definition) is 4. The molecule has 0 saturated carbocycles. The molecular formula is C22H17BrN2O3. The molecule has 140 valence electrons. The Kier molecular flexibility index (Phi) is 4.20. The number of halogens is 1. The van der Waals surface area contributed by atoms with Crippen LogP contribution in [0.15, 0.2) is 71.2 Å². The van der Waals surface area contributed by atoms with Crippen molar-refractivity contribution < 1.29 is 14.3 Å². The Labute approximate surface area is 171 Å². The van der Waals surface area contributed by atoms with E-state index in [1.165, 1.54) is 0 Å². The van der Waals surface area contributed by atoms with Gasteiger partial charge in [0.05, 0.1) is 5.69 Å². The van der Waals surface area contributed by atoms with Gasteiger partial charge in [0.25, 0.3) is 5.91 Å². The van der Waals surface area contributed by atoms with E-state index in [2.05, 4.69) is 21.2 Å². The van der Waals surface area contributed by atoms with E-state index in [0.29, 0.717) is 6.54 Å². The topological polar surface area (TPSA) is 50.8 Å². The molecule has 2 heterocycles. The molecule has 3 aromatic carbocycles. The van der Waals surface area contributed by atoms with E-state index in [9.17, 15) is 4.79 Å². The maximum absolute atomic E-state index is 13.1. The van der Waals surface area contributed by atoms with Crippen LogP contribution in [0.25, 0.3) is 0 Å². The summed E-state index contributed by atoms with van der Waals surface area (Å²) in [4.78, 5) is 15.0. The van der Waals surface area contributed by atoms with Crippen LogP contribution in [0.4, 0.5) is 5.69 Å². The lowest BCUT2D eigenvalue weighted by atomic mass is 10.1. The van der Waals surface area contributed by atoms with Crippen LogP contribution in [0.2, 0.25) is 0 Å². The van der Waals surface area contributed by atoms with E-state index in [-0.39, 0.29) is 18.9 Å². The number of carbonyl (C=O) groups is 1. The average Bonchev–Trinajstić information content (AvgIpc) is 3.28. The zero-order chi connectivity index (χ0) is 19.1. The number of hydrogen-bond donors (Lipinski definition) is 1. The Morgan fingerprint density at radius 3 is 2.68 bits per heavy atom. The van der Waals surface area contributed by atoms with Gasteiger partial charge in [-0.25, -0.2) is 0 Å². The van der Waals surface area contributed by atoms with Gasteiger partial charge in [0, 0.05) is 22.1 Å². The summed E-state index contributed by atoms with van der Waals surface area (Å²) < 4.78 is 11.8. The van der Waals surface area contributed by atoms with Gasteiger partial charge in [-0.3, -0.25) is 4.79 Å². The van der Waals surface area contributed by atoms with Gasteiger partial charge < -0.3 is 19.7 Å². The SMILES string of the molecule is O=C1c2ccccc2[C@@H](Nc2ccccc2Br)N1Cc1ccc2c(c1)OCO2. The van der Waals surface area contributed by atoms with E-state index in [4.69, 9.17) is 9.47 Å². The Morgan fingerprint density at radius 1 is 1.00 bits per heavy atom. The third kappa shape index (κ3) is 2.90. The normalized spacial score (nSPS) is 17.0. The number of nitrogens with zero attached hydrogens (tertiary/aromatic N) is 1. The van der Waals surface area contributed by atoms with Crippen LogP contribution in [-0.2, 0) is 6.54 Å². The van der Waals surface area contributed by atoms with Crippen LogP contribution in [0.3, 0.4) is 0 Å². The lowest BCUT2D eigenvalue weighted by molar-refractivity contribution is 0.0728. The van der Waals surface area contributed by atoms with Gasteiger partial charge in [0.2, 0.25) is 6.79 Å². The van der Waals surface area contributed by atoms with Crippen LogP contribution >= 0.6 is 15.9 Å². The Hall–Kier alpha value is -2.99. The first kappa shape index (κ1) is 17.1. The molecule has 0 radical (unpaired) electrons. The van der Waals surface area contributed by atoms with Crippen molar-refractivity contribution in [3.63, 3.8) is 0 Å². The highest BCUT2D eigenvalue weighted by Gasteiger charge is 2.36. The summed E-state index contributed by atoms with van der Waals surface area (Å²) in [5, 5.41) is 3.52.